The molecule has 0 aliphatic heterocycles. The molecule has 7 heteroatoms. The summed E-state index contributed by atoms with van der Waals surface area (Å²) in [5.41, 5.74) is 2.87. The second kappa shape index (κ2) is 10.6. The number of aryl methyl sites for hydroxylation is 2. The van der Waals surface area contributed by atoms with Gasteiger partial charge >= 0.3 is 5.97 Å². The molecule has 0 saturated heterocycles. The highest BCUT2D eigenvalue weighted by molar-refractivity contribution is 5.83. The van der Waals surface area contributed by atoms with Crippen LogP contribution in [0.4, 0.5) is 0 Å². The normalized spacial score (nSPS) is 18.7. The first-order chi connectivity index (χ1) is 14.9. The Morgan fingerprint density at radius 3 is 2.65 bits per heavy atom. The molecule has 1 fully saturated rings. The molecule has 168 valence electrons. The lowest BCUT2D eigenvalue weighted by Crippen LogP contribution is -2.42. The standard InChI is InChI=1S/C24H32N2O5/c1-4-12-26(14-22(27)28)24(29)19-6-5-7-20(13-19)30-15-21-17(3)31-23(25-21)18-10-8-16(2)9-11-18/h8-11,19-20H,4-7,12-15H2,1-3H3,(H,27,28). The second-order valence-electron chi connectivity index (χ2n) is 8.34. The van der Waals surface area contributed by atoms with Crippen LogP contribution in [0.15, 0.2) is 28.7 Å². The summed E-state index contributed by atoms with van der Waals surface area (Å²) in [5, 5.41) is 9.11. The molecule has 7 nitrogen and oxygen atoms in total. The van der Waals surface area contributed by atoms with Crippen LogP contribution in [-0.4, -0.2) is 46.1 Å². The first-order valence-corrected chi connectivity index (χ1v) is 11.0. The number of carbonyl (C=O) groups excluding carboxylic acids is 1. The topological polar surface area (TPSA) is 92.9 Å². The third kappa shape index (κ3) is 6.17. The second-order valence-corrected chi connectivity index (χ2v) is 8.34. The van der Waals surface area contributed by atoms with E-state index in [2.05, 4.69) is 4.98 Å². The van der Waals surface area contributed by atoms with Crippen molar-refractivity contribution in [1.82, 2.24) is 9.88 Å². The Labute approximate surface area is 183 Å². The fourth-order valence-corrected chi connectivity index (χ4v) is 4.06. The fraction of sp³-hybridized carbons (Fsp3) is 0.542. The van der Waals surface area contributed by atoms with Gasteiger partial charge in [-0.2, -0.15) is 0 Å². The predicted octanol–water partition coefficient (Wildman–Crippen LogP) is 4.36. The van der Waals surface area contributed by atoms with Gasteiger partial charge in [-0.05, 0) is 51.7 Å². The first kappa shape index (κ1) is 23.0. The smallest absolute Gasteiger partial charge is 0.323 e. The van der Waals surface area contributed by atoms with E-state index in [4.69, 9.17) is 14.3 Å². The largest absolute Gasteiger partial charge is 0.480 e. The minimum Gasteiger partial charge on any atom is -0.480 e. The predicted molar refractivity (Wildman–Crippen MR) is 116 cm³/mol. The van der Waals surface area contributed by atoms with Gasteiger partial charge in [0.25, 0.3) is 0 Å². The summed E-state index contributed by atoms with van der Waals surface area (Å²) in [4.78, 5) is 30.0. The minimum absolute atomic E-state index is 0.0464. The molecule has 2 unspecified atom stereocenters. The average Bonchev–Trinajstić information content (AvgIpc) is 3.12. The van der Waals surface area contributed by atoms with Crippen molar-refractivity contribution in [3.8, 4) is 11.5 Å². The Kier molecular flexibility index (Phi) is 7.85. The number of carboxylic acids is 1. The van der Waals surface area contributed by atoms with E-state index in [1.165, 1.54) is 10.5 Å². The number of oxazole rings is 1. The lowest BCUT2D eigenvalue weighted by Gasteiger charge is -2.32. The monoisotopic (exact) mass is 428 g/mol. The van der Waals surface area contributed by atoms with Gasteiger partial charge in [0, 0.05) is 18.0 Å². The molecule has 0 bridgehead atoms. The number of aromatic nitrogens is 1. The highest BCUT2D eigenvalue weighted by atomic mass is 16.5. The number of carbonyl (C=O) groups is 2. The Morgan fingerprint density at radius 1 is 1.23 bits per heavy atom. The van der Waals surface area contributed by atoms with Gasteiger partial charge in [-0.15, -0.1) is 0 Å². The van der Waals surface area contributed by atoms with Gasteiger partial charge in [-0.3, -0.25) is 9.59 Å². The molecule has 1 aromatic carbocycles. The highest BCUT2D eigenvalue weighted by Crippen LogP contribution is 2.29. The number of hydrogen-bond donors (Lipinski definition) is 1. The highest BCUT2D eigenvalue weighted by Gasteiger charge is 2.31. The van der Waals surface area contributed by atoms with Crippen LogP contribution in [0.1, 0.15) is 56.0 Å². The molecule has 1 saturated carbocycles. The summed E-state index contributed by atoms with van der Waals surface area (Å²) in [5.74, 6) is 0.0746. The van der Waals surface area contributed by atoms with Crippen molar-refractivity contribution < 1.29 is 23.8 Å². The summed E-state index contributed by atoms with van der Waals surface area (Å²) in [7, 11) is 0. The van der Waals surface area contributed by atoms with E-state index in [9.17, 15) is 9.59 Å². The number of aliphatic carboxylic acids is 1. The molecule has 31 heavy (non-hydrogen) atoms. The van der Waals surface area contributed by atoms with Crippen LogP contribution in [0.25, 0.3) is 11.5 Å². The Balaban J connectivity index is 1.59. The number of amides is 1. The van der Waals surface area contributed by atoms with E-state index >= 15 is 0 Å². The molecule has 1 aliphatic carbocycles. The van der Waals surface area contributed by atoms with E-state index in [0.717, 1.165) is 42.7 Å². The molecule has 1 aliphatic rings. The van der Waals surface area contributed by atoms with Gasteiger partial charge in [-0.25, -0.2) is 4.98 Å². The molecule has 3 rings (SSSR count). The van der Waals surface area contributed by atoms with Crippen molar-refractivity contribution in [1.29, 1.82) is 0 Å². The summed E-state index contributed by atoms with van der Waals surface area (Å²) in [6.45, 7) is 6.42. The average molecular weight is 429 g/mol. The van der Waals surface area contributed by atoms with E-state index in [-0.39, 0.29) is 24.5 Å². The van der Waals surface area contributed by atoms with E-state index in [1.807, 2.05) is 45.0 Å². The Bertz CT molecular complexity index is 890. The number of hydrogen-bond acceptors (Lipinski definition) is 5. The van der Waals surface area contributed by atoms with Gasteiger partial charge in [0.15, 0.2) is 0 Å². The molecule has 1 N–H and O–H groups in total. The molecule has 2 aromatic rings. The number of nitrogens with zero attached hydrogens (tertiary/aromatic N) is 2. The summed E-state index contributed by atoms with van der Waals surface area (Å²) >= 11 is 0. The first-order valence-electron chi connectivity index (χ1n) is 11.0. The van der Waals surface area contributed by atoms with Crippen molar-refractivity contribution in [3.05, 3.63) is 41.3 Å². The summed E-state index contributed by atoms with van der Waals surface area (Å²) < 4.78 is 11.9. The zero-order valence-electron chi connectivity index (χ0n) is 18.6. The maximum absolute atomic E-state index is 12.9. The van der Waals surface area contributed by atoms with Crippen LogP contribution in [0.5, 0.6) is 0 Å². The van der Waals surface area contributed by atoms with Crippen LogP contribution in [0.2, 0.25) is 0 Å². The lowest BCUT2D eigenvalue weighted by atomic mass is 9.86. The Morgan fingerprint density at radius 2 is 1.97 bits per heavy atom. The maximum Gasteiger partial charge on any atom is 0.323 e. The van der Waals surface area contributed by atoms with Gasteiger partial charge in [0.2, 0.25) is 11.8 Å². The van der Waals surface area contributed by atoms with Crippen molar-refractivity contribution in [2.24, 2.45) is 5.92 Å². The van der Waals surface area contributed by atoms with Crippen molar-refractivity contribution in [2.75, 3.05) is 13.1 Å². The maximum atomic E-state index is 12.9. The van der Waals surface area contributed by atoms with Crippen LogP contribution >= 0.6 is 0 Å². The minimum atomic E-state index is -0.976. The number of ether oxygens (including phenoxy) is 1. The molecule has 1 amide bonds. The fourth-order valence-electron chi connectivity index (χ4n) is 4.06. The van der Waals surface area contributed by atoms with Crippen molar-refractivity contribution in [3.63, 3.8) is 0 Å². The number of rotatable bonds is 9. The molecular weight excluding hydrogens is 396 g/mol. The molecular formula is C24H32N2O5. The van der Waals surface area contributed by atoms with Crippen LogP contribution in [-0.2, 0) is 20.9 Å². The van der Waals surface area contributed by atoms with Crippen molar-refractivity contribution >= 4 is 11.9 Å². The molecule has 1 heterocycles. The zero-order valence-corrected chi connectivity index (χ0v) is 18.6. The summed E-state index contributed by atoms with van der Waals surface area (Å²) in [6.07, 6.45) is 3.86. The number of carboxylic acid groups (broad SMARTS) is 1. The molecule has 2 atom stereocenters. The van der Waals surface area contributed by atoms with E-state index in [0.29, 0.717) is 25.5 Å². The van der Waals surface area contributed by atoms with E-state index in [1.54, 1.807) is 0 Å². The zero-order chi connectivity index (χ0) is 22.4. The number of benzene rings is 1. The molecule has 0 radical (unpaired) electrons. The van der Waals surface area contributed by atoms with Gasteiger partial charge in [-0.1, -0.05) is 31.0 Å². The van der Waals surface area contributed by atoms with Crippen molar-refractivity contribution in [2.45, 2.75) is 65.6 Å². The van der Waals surface area contributed by atoms with Gasteiger partial charge in [0.05, 0.1) is 12.7 Å². The van der Waals surface area contributed by atoms with E-state index < -0.39 is 5.97 Å². The summed E-state index contributed by atoms with van der Waals surface area (Å²) in [6, 6.07) is 8.02. The Hall–Kier alpha value is -2.67. The quantitative estimate of drug-likeness (QED) is 0.638. The van der Waals surface area contributed by atoms with Crippen LogP contribution in [0, 0.1) is 19.8 Å². The third-order valence-electron chi connectivity index (χ3n) is 5.75. The van der Waals surface area contributed by atoms with Crippen LogP contribution in [0.3, 0.4) is 0 Å². The third-order valence-corrected chi connectivity index (χ3v) is 5.75. The molecule has 1 aromatic heterocycles. The van der Waals surface area contributed by atoms with Crippen LogP contribution < -0.4 is 0 Å². The SMILES string of the molecule is CCCN(CC(=O)O)C(=O)C1CCCC(OCc2nc(-c3ccc(C)cc3)oc2C)C1. The van der Waals surface area contributed by atoms with Gasteiger partial charge in [0.1, 0.15) is 18.0 Å². The molecule has 0 spiro atoms. The lowest BCUT2D eigenvalue weighted by molar-refractivity contribution is -0.147. The van der Waals surface area contributed by atoms with Gasteiger partial charge < -0.3 is 19.2 Å².